The molecule has 3 amide bonds. The highest BCUT2D eigenvalue weighted by Crippen LogP contribution is 2.20. The molecule has 0 aliphatic carbocycles. The Morgan fingerprint density at radius 1 is 1.03 bits per heavy atom. The van der Waals surface area contributed by atoms with Crippen LogP contribution in [0.1, 0.15) is 58.3 Å². The van der Waals surface area contributed by atoms with Crippen LogP contribution >= 0.6 is 0 Å². The second-order valence-corrected chi connectivity index (χ2v) is 7.99. The lowest BCUT2D eigenvalue weighted by atomic mass is 10.0. The maximum Gasteiger partial charge on any atom is 0.325 e. The molecule has 0 bridgehead atoms. The van der Waals surface area contributed by atoms with E-state index in [4.69, 9.17) is 22.3 Å². The number of carboxylic acid groups (broad SMARTS) is 1. The van der Waals surface area contributed by atoms with Gasteiger partial charge in [0.15, 0.2) is 0 Å². The minimum absolute atomic E-state index is 0.361. The van der Waals surface area contributed by atoms with Gasteiger partial charge in [0.25, 0.3) is 0 Å². The third-order valence-corrected chi connectivity index (χ3v) is 5.44. The number of carbonyl (C=O) groups is 4. The van der Waals surface area contributed by atoms with Crippen LogP contribution in [0, 0.1) is 0 Å². The van der Waals surface area contributed by atoms with E-state index in [1.165, 1.54) is 11.8 Å². The van der Waals surface area contributed by atoms with Gasteiger partial charge in [-0.25, -0.2) is 0 Å². The van der Waals surface area contributed by atoms with Crippen LogP contribution in [0.2, 0.25) is 0 Å². The van der Waals surface area contributed by atoms with Crippen LogP contribution in [0.4, 0.5) is 0 Å². The summed E-state index contributed by atoms with van der Waals surface area (Å²) < 4.78 is 0. The average Bonchev–Trinajstić information content (AvgIpc) is 3.22. The summed E-state index contributed by atoms with van der Waals surface area (Å²) in [5.74, 6) is -2.44. The van der Waals surface area contributed by atoms with Crippen LogP contribution in [0.25, 0.3) is 0 Å². The third-order valence-electron chi connectivity index (χ3n) is 5.44. The summed E-state index contributed by atoms with van der Waals surface area (Å²) in [6.45, 7) is 2.72. The molecular formula is C20H38N6O5. The van der Waals surface area contributed by atoms with E-state index >= 15 is 0 Å². The van der Waals surface area contributed by atoms with Gasteiger partial charge < -0.3 is 37.8 Å². The Labute approximate surface area is 183 Å². The van der Waals surface area contributed by atoms with E-state index in [-0.39, 0.29) is 5.91 Å². The lowest BCUT2D eigenvalue weighted by Gasteiger charge is -2.29. The number of nitrogens with one attached hydrogen (secondary N) is 2. The molecule has 1 saturated heterocycles. The van der Waals surface area contributed by atoms with E-state index < -0.39 is 42.0 Å². The zero-order valence-corrected chi connectivity index (χ0v) is 18.3. The number of nitrogens with two attached hydrogens (primary N) is 3. The number of carboxylic acids is 1. The Morgan fingerprint density at radius 3 is 2.23 bits per heavy atom. The Balaban J connectivity index is 2.83. The van der Waals surface area contributed by atoms with Gasteiger partial charge in [-0.1, -0.05) is 6.42 Å². The first-order chi connectivity index (χ1) is 14.7. The van der Waals surface area contributed by atoms with E-state index in [9.17, 15) is 19.2 Å². The number of amides is 3. The van der Waals surface area contributed by atoms with Gasteiger partial charge in [0.2, 0.25) is 17.7 Å². The summed E-state index contributed by atoms with van der Waals surface area (Å²) >= 11 is 0. The Bertz CT molecular complexity index is 617. The summed E-state index contributed by atoms with van der Waals surface area (Å²) in [5, 5.41) is 14.2. The van der Waals surface area contributed by atoms with Crippen molar-refractivity contribution in [1.29, 1.82) is 0 Å². The Hall–Kier alpha value is -2.24. The molecule has 1 aliphatic heterocycles. The molecule has 1 aliphatic rings. The van der Waals surface area contributed by atoms with Gasteiger partial charge in [-0.05, 0) is 65.0 Å². The first-order valence-electron chi connectivity index (χ1n) is 11.0. The highest BCUT2D eigenvalue weighted by molar-refractivity contribution is 5.94. The number of hydrogen-bond donors (Lipinski definition) is 6. The van der Waals surface area contributed by atoms with Crippen LogP contribution in [-0.4, -0.2) is 77.5 Å². The highest BCUT2D eigenvalue weighted by atomic mass is 16.4. The highest BCUT2D eigenvalue weighted by Gasteiger charge is 2.38. The summed E-state index contributed by atoms with van der Waals surface area (Å²) in [6.07, 6.45) is 4.71. The van der Waals surface area contributed by atoms with Crippen LogP contribution in [-0.2, 0) is 19.2 Å². The van der Waals surface area contributed by atoms with E-state index in [2.05, 4.69) is 10.6 Å². The topological polar surface area (TPSA) is 194 Å². The van der Waals surface area contributed by atoms with Crippen molar-refractivity contribution >= 4 is 23.7 Å². The molecule has 31 heavy (non-hydrogen) atoms. The van der Waals surface area contributed by atoms with E-state index in [1.54, 1.807) is 0 Å². The van der Waals surface area contributed by atoms with Gasteiger partial charge in [-0.3, -0.25) is 19.2 Å². The molecule has 4 atom stereocenters. The Morgan fingerprint density at radius 2 is 1.65 bits per heavy atom. The summed E-state index contributed by atoms with van der Waals surface area (Å²) in [4.78, 5) is 50.7. The summed E-state index contributed by atoms with van der Waals surface area (Å²) in [5.41, 5.74) is 17.0. The molecule has 11 heteroatoms. The third kappa shape index (κ3) is 8.80. The van der Waals surface area contributed by atoms with E-state index in [0.717, 1.165) is 6.42 Å². The molecule has 4 unspecified atom stereocenters. The fraction of sp³-hybridized carbons (Fsp3) is 0.800. The normalized spacial score (nSPS) is 18.8. The molecule has 178 valence electrons. The predicted octanol–water partition coefficient (Wildman–Crippen LogP) is -1.36. The number of aliphatic carboxylic acids is 1. The van der Waals surface area contributed by atoms with Crippen molar-refractivity contribution < 1.29 is 24.3 Å². The van der Waals surface area contributed by atoms with Crippen molar-refractivity contribution in [3.05, 3.63) is 0 Å². The molecule has 0 spiro atoms. The van der Waals surface area contributed by atoms with E-state index in [1.807, 2.05) is 0 Å². The molecule has 1 fully saturated rings. The molecule has 0 radical (unpaired) electrons. The van der Waals surface area contributed by atoms with Crippen molar-refractivity contribution in [2.45, 2.75) is 82.5 Å². The molecule has 0 aromatic carbocycles. The molecular weight excluding hydrogens is 404 g/mol. The minimum atomic E-state index is -1.15. The van der Waals surface area contributed by atoms with Crippen molar-refractivity contribution in [2.75, 3.05) is 19.6 Å². The van der Waals surface area contributed by atoms with Gasteiger partial charge >= 0.3 is 5.97 Å². The summed E-state index contributed by atoms with van der Waals surface area (Å²) in [6, 6.07) is -3.38. The maximum absolute atomic E-state index is 13.2. The van der Waals surface area contributed by atoms with Crippen LogP contribution in [0.3, 0.4) is 0 Å². The van der Waals surface area contributed by atoms with Crippen LogP contribution in [0.15, 0.2) is 0 Å². The maximum atomic E-state index is 13.2. The fourth-order valence-corrected chi connectivity index (χ4v) is 3.54. The monoisotopic (exact) mass is 442 g/mol. The number of hydrogen-bond acceptors (Lipinski definition) is 7. The number of nitrogens with zero attached hydrogens (tertiary/aromatic N) is 1. The number of carbonyl (C=O) groups excluding carboxylic acids is 3. The van der Waals surface area contributed by atoms with Gasteiger partial charge in [0.05, 0.1) is 6.04 Å². The first-order valence-corrected chi connectivity index (χ1v) is 11.0. The molecule has 11 nitrogen and oxygen atoms in total. The zero-order valence-electron chi connectivity index (χ0n) is 18.3. The van der Waals surface area contributed by atoms with Crippen LogP contribution in [0.5, 0.6) is 0 Å². The second kappa shape index (κ2) is 13.9. The molecule has 1 rings (SSSR count). The largest absolute Gasteiger partial charge is 0.480 e. The number of likely N-dealkylation sites (tertiary alicyclic amines) is 1. The van der Waals surface area contributed by atoms with Crippen molar-refractivity contribution in [1.82, 2.24) is 15.5 Å². The molecule has 9 N–H and O–H groups in total. The smallest absolute Gasteiger partial charge is 0.325 e. The molecule has 0 aromatic heterocycles. The molecule has 1 heterocycles. The fourth-order valence-electron chi connectivity index (χ4n) is 3.54. The van der Waals surface area contributed by atoms with Gasteiger partial charge in [-0.15, -0.1) is 0 Å². The zero-order chi connectivity index (χ0) is 23.4. The Kier molecular flexibility index (Phi) is 12.1. The number of unbranched alkanes of at least 4 members (excludes halogenated alkanes) is 2. The van der Waals surface area contributed by atoms with Crippen LogP contribution < -0.4 is 27.8 Å². The van der Waals surface area contributed by atoms with E-state index in [0.29, 0.717) is 64.6 Å². The van der Waals surface area contributed by atoms with Crippen molar-refractivity contribution in [2.24, 2.45) is 17.2 Å². The average molecular weight is 443 g/mol. The predicted molar refractivity (Wildman–Crippen MR) is 116 cm³/mol. The summed E-state index contributed by atoms with van der Waals surface area (Å²) in [7, 11) is 0. The molecule has 0 aromatic rings. The van der Waals surface area contributed by atoms with Crippen molar-refractivity contribution in [3.63, 3.8) is 0 Å². The SMILES string of the molecule is CC(NC(=O)C1CCCN1C(=O)C(CCCCN)NC(=O)C(N)CCCCN)C(=O)O. The second-order valence-electron chi connectivity index (χ2n) is 7.99. The van der Waals surface area contributed by atoms with Gasteiger partial charge in [0, 0.05) is 6.54 Å². The molecule has 0 saturated carbocycles. The van der Waals surface area contributed by atoms with Crippen molar-refractivity contribution in [3.8, 4) is 0 Å². The van der Waals surface area contributed by atoms with Gasteiger partial charge in [0.1, 0.15) is 18.1 Å². The van der Waals surface area contributed by atoms with Gasteiger partial charge in [-0.2, -0.15) is 0 Å². The quantitative estimate of drug-likeness (QED) is 0.177. The lowest BCUT2D eigenvalue weighted by molar-refractivity contribution is -0.144. The number of rotatable bonds is 14. The standard InChI is InChI=1S/C20H38N6O5/c1-13(20(30)31)24-18(28)16-9-6-12-26(16)19(29)15(8-3-5-11-22)25-17(27)14(23)7-2-4-10-21/h13-16H,2-12,21-23H2,1H3,(H,24,28)(H,25,27)(H,30,31). The minimum Gasteiger partial charge on any atom is -0.480 e. The first kappa shape index (κ1) is 26.8. The lowest BCUT2D eigenvalue weighted by Crippen LogP contribution is -2.56.